The van der Waals surface area contributed by atoms with Crippen molar-refractivity contribution < 1.29 is 4.74 Å². The van der Waals surface area contributed by atoms with Crippen LogP contribution in [0.15, 0.2) is 35.7 Å². The lowest BCUT2D eigenvalue weighted by Gasteiger charge is -2.15. The Balaban J connectivity index is 2.27. The highest BCUT2D eigenvalue weighted by molar-refractivity contribution is 6.30. The first kappa shape index (κ1) is 16.2. The molecule has 1 aromatic carbocycles. The number of ether oxygens (including phenoxy) is 1. The van der Waals surface area contributed by atoms with Crippen LogP contribution in [0.2, 0.25) is 5.02 Å². The van der Waals surface area contributed by atoms with Crippen molar-refractivity contribution >= 4 is 17.4 Å². The average molecular weight is 319 g/mol. The first-order valence-corrected chi connectivity index (χ1v) is 7.57. The van der Waals surface area contributed by atoms with Gasteiger partial charge in [-0.15, -0.1) is 0 Å². The lowest BCUT2D eigenvalue weighted by atomic mass is 9.98. The van der Waals surface area contributed by atoms with E-state index in [0.29, 0.717) is 23.2 Å². The Morgan fingerprint density at radius 1 is 1.27 bits per heavy atom. The van der Waals surface area contributed by atoms with Gasteiger partial charge in [-0.2, -0.15) is 5.53 Å². The second-order valence-electron chi connectivity index (χ2n) is 4.77. The summed E-state index contributed by atoms with van der Waals surface area (Å²) >= 11 is 5.97. The summed E-state index contributed by atoms with van der Waals surface area (Å²) in [5.74, 6) is 0.864. The van der Waals surface area contributed by atoms with Gasteiger partial charge in [0.25, 0.3) is 0 Å². The number of nitrogens with zero attached hydrogens (tertiary/aromatic N) is 2. The molecule has 2 rings (SSSR count). The van der Waals surface area contributed by atoms with Crippen LogP contribution in [-0.4, -0.2) is 4.98 Å². The zero-order chi connectivity index (χ0) is 15.9. The van der Waals surface area contributed by atoms with Crippen molar-refractivity contribution in [1.82, 2.24) is 4.98 Å². The topological polar surface area (TPSA) is 70.4 Å². The summed E-state index contributed by atoms with van der Waals surface area (Å²) in [6.45, 7) is 4.69. The van der Waals surface area contributed by atoms with E-state index in [9.17, 15) is 0 Å². The minimum absolute atomic E-state index is 0.381. The lowest BCUT2D eigenvalue weighted by Crippen LogP contribution is -2.05. The van der Waals surface area contributed by atoms with Crippen molar-refractivity contribution in [2.45, 2.75) is 33.3 Å². The highest BCUT2D eigenvalue weighted by Crippen LogP contribution is 2.27. The van der Waals surface area contributed by atoms with Crippen molar-refractivity contribution in [2.24, 2.45) is 5.22 Å². The predicted molar refractivity (Wildman–Crippen MR) is 87.5 cm³/mol. The molecule has 22 heavy (non-hydrogen) atoms. The summed E-state index contributed by atoms with van der Waals surface area (Å²) in [6, 6.07) is 7.98. The average Bonchev–Trinajstić information content (AvgIpc) is 2.54. The van der Waals surface area contributed by atoms with E-state index < -0.39 is 0 Å². The minimum atomic E-state index is 0.381. The van der Waals surface area contributed by atoms with E-state index in [1.807, 2.05) is 0 Å². The molecule has 0 fully saturated rings. The van der Waals surface area contributed by atoms with E-state index in [2.05, 4.69) is 47.7 Å². The third-order valence-corrected chi connectivity index (χ3v) is 3.69. The summed E-state index contributed by atoms with van der Waals surface area (Å²) in [4.78, 5) is 4.08. The molecule has 6 heteroatoms. The van der Waals surface area contributed by atoms with Gasteiger partial charge in [0.2, 0.25) is 0 Å². The molecule has 5 nitrogen and oxygen atoms in total. The van der Waals surface area contributed by atoms with Crippen LogP contribution in [0.5, 0.6) is 5.75 Å². The van der Waals surface area contributed by atoms with Gasteiger partial charge in [-0.3, -0.25) is 0 Å². The van der Waals surface area contributed by atoms with Gasteiger partial charge >= 0.3 is 0 Å². The second-order valence-corrected chi connectivity index (χ2v) is 5.21. The highest BCUT2D eigenvalue weighted by Gasteiger charge is 2.10. The van der Waals surface area contributed by atoms with Crippen LogP contribution in [-0.2, 0) is 19.4 Å². The first-order valence-electron chi connectivity index (χ1n) is 7.20. The Bertz CT molecular complexity index is 638. The molecule has 1 aromatic heterocycles. The standard InChI is InChI=1S/C16H19ClN4O/c1-3-11-6-5-7-12(4-2)14(11)10-22-15-8-13(17)9-19-16(15)20-21-18/h5-9H,3-4,10H2,1-2H3,(H2,18,19,20). The molecule has 0 saturated carbocycles. The summed E-state index contributed by atoms with van der Waals surface area (Å²) < 4.78 is 5.89. The number of aromatic nitrogens is 1. The first-order chi connectivity index (χ1) is 10.7. The number of aryl methyl sites for hydroxylation is 2. The quantitative estimate of drug-likeness (QED) is 0.569. The molecule has 0 amide bonds. The second kappa shape index (κ2) is 7.75. The zero-order valence-electron chi connectivity index (χ0n) is 12.7. The maximum Gasteiger partial charge on any atom is 0.190 e. The molecule has 0 radical (unpaired) electrons. The van der Waals surface area contributed by atoms with Crippen LogP contribution in [0.25, 0.3) is 0 Å². The summed E-state index contributed by atoms with van der Waals surface area (Å²) in [5, 5.41) is 3.61. The van der Waals surface area contributed by atoms with Gasteiger partial charge in [-0.25, -0.2) is 10.4 Å². The largest absolute Gasteiger partial charge is 0.485 e. The molecule has 0 bridgehead atoms. The van der Waals surface area contributed by atoms with Crippen LogP contribution >= 0.6 is 11.6 Å². The van der Waals surface area contributed by atoms with Gasteiger partial charge in [0.05, 0.1) is 5.02 Å². The van der Waals surface area contributed by atoms with Crippen molar-refractivity contribution in [3.63, 3.8) is 0 Å². The number of benzene rings is 1. The fraction of sp³-hybridized carbons (Fsp3) is 0.312. The Morgan fingerprint density at radius 3 is 2.55 bits per heavy atom. The van der Waals surface area contributed by atoms with Crippen molar-refractivity contribution in [2.75, 3.05) is 5.43 Å². The van der Waals surface area contributed by atoms with E-state index in [0.717, 1.165) is 12.8 Å². The van der Waals surface area contributed by atoms with E-state index in [1.54, 1.807) is 6.07 Å². The van der Waals surface area contributed by atoms with Crippen LogP contribution in [0.3, 0.4) is 0 Å². The molecule has 0 aliphatic heterocycles. The van der Waals surface area contributed by atoms with Crippen LogP contribution in [0.1, 0.15) is 30.5 Å². The molecule has 2 N–H and O–H groups in total. The normalized spacial score (nSPS) is 10.3. The number of halogens is 1. The number of hydrogen-bond acceptors (Lipinski definition) is 4. The predicted octanol–water partition coefficient (Wildman–Crippen LogP) is 4.80. The Morgan fingerprint density at radius 2 is 1.95 bits per heavy atom. The third kappa shape index (κ3) is 3.74. The molecule has 116 valence electrons. The van der Waals surface area contributed by atoms with E-state index in [-0.39, 0.29) is 0 Å². The SMILES string of the molecule is CCc1cccc(CC)c1COc1cc(Cl)cnc1NN=N. The Hall–Kier alpha value is -2.14. The summed E-state index contributed by atoms with van der Waals surface area (Å²) in [6.07, 6.45) is 3.39. The number of pyridine rings is 1. The third-order valence-electron chi connectivity index (χ3n) is 3.49. The molecule has 2 aromatic rings. The maximum atomic E-state index is 6.90. The van der Waals surface area contributed by atoms with Gasteiger partial charge in [0.15, 0.2) is 11.6 Å². The minimum Gasteiger partial charge on any atom is -0.485 e. The number of rotatable bonds is 7. The lowest BCUT2D eigenvalue weighted by molar-refractivity contribution is 0.304. The smallest absolute Gasteiger partial charge is 0.190 e. The Labute approximate surface area is 135 Å². The molecule has 0 atom stereocenters. The van der Waals surface area contributed by atoms with Crippen LogP contribution in [0, 0.1) is 5.53 Å². The molecule has 0 unspecified atom stereocenters. The van der Waals surface area contributed by atoms with Gasteiger partial charge in [0.1, 0.15) is 6.61 Å². The molecule has 0 spiro atoms. The van der Waals surface area contributed by atoms with Gasteiger partial charge in [0, 0.05) is 12.3 Å². The summed E-state index contributed by atoms with van der Waals surface area (Å²) in [7, 11) is 0. The van der Waals surface area contributed by atoms with Gasteiger partial charge in [-0.1, -0.05) is 48.9 Å². The number of anilines is 1. The summed E-state index contributed by atoms with van der Waals surface area (Å²) in [5.41, 5.74) is 13.1. The maximum absolute atomic E-state index is 6.90. The van der Waals surface area contributed by atoms with E-state index >= 15 is 0 Å². The fourth-order valence-corrected chi connectivity index (χ4v) is 2.50. The molecule has 0 aliphatic rings. The van der Waals surface area contributed by atoms with E-state index in [4.69, 9.17) is 21.9 Å². The monoisotopic (exact) mass is 318 g/mol. The molecule has 1 heterocycles. The van der Waals surface area contributed by atoms with Crippen LogP contribution < -0.4 is 10.2 Å². The Kier molecular flexibility index (Phi) is 5.72. The zero-order valence-corrected chi connectivity index (χ0v) is 13.4. The fourth-order valence-electron chi connectivity index (χ4n) is 2.35. The van der Waals surface area contributed by atoms with Crippen molar-refractivity contribution in [3.05, 3.63) is 52.2 Å². The van der Waals surface area contributed by atoms with Crippen LogP contribution in [0.4, 0.5) is 5.82 Å². The van der Waals surface area contributed by atoms with Crippen molar-refractivity contribution in [3.8, 4) is 5.75 Å². The number of nitrogens with one attached hydrogen (secondary N) is 2. The molecular formula is C16H19ClN4O. The van der Waals surface area contributed by atoms with Gasteiger partial charge < -0.3 is 4.74 Å². The van der Waals surface area contributed by atoms with Gasteiger partial charge in [-0.05, 0) is 29.5 Å². The molecular weight excluding hydrogens is 300 g/mol. The molecule has 0 saturated heterocycles. The number of hydrogen-bond donors (Lipinski definition) is 2. The highest BCUT2D eigenvalue weighted by atomic mass is 35.5. The van der Waals surface area contributed by atoms with E-state index in [1.165, 1.54) is 22.9 Å². The van der Waals surface area contributed by atoms with Crippen molar-refractivity contribution in [1.29, 1.82) is 5.53 Å². The molecule has 0 aliphatic carbocycles.